The minimum atomic E-state index is -0.488. The van der Waals surface area contributed by atoms with Crippen molar-refractivity contribution in [1.29, 1.82) is 0 Å². The second-order valence-corrected chi connectivity index (χ2v) is 2.27. The minimum absolute atomic E-state index is 0.0793. The van der Waals surface area contributed by atoms with E-state index >= 15 is 0 Å². The Balaban J connectivity index is 3.17. The summed E-state index contributed by atoms with van der Waals surface area (Å²) < 4.78 is 20.0. The molecule has 0 amide bonds. The molecular formula is C6H4BrF. The molecule has 2 heteroatoms. The molecule has 0 heterocycles. The van der Waals surface area contributed by atoms with Crippen molar-refractivity contribution in [2.45, 2.75) is 0 Å². The third-order valence-corrected chi connectivity index (χ3v) is 1.23. The average molecular weight is 177 g/mol. The zero-order valence-corrected chi connectivity index (χ0v) is 5.57. The van der Waals surface area contributed by atoms with Crippen molar-refractivity contribution < 1.29 is 5.76 Å². The van der Waals surface area contributed by atoms with E-state index in [2.05, 4.69) is 15.9 Å². The molecule has 0 radical (unpaired) electrons. The van der Waals surface area contributed by atoms with Gasteiger partial charge in [-0.1, -0.05) is 15.9 Å². The van der Waals surface area contributed by atoms with Gasteiger partial charge >= 0.3 is 0 Å². The molecule has 0 fully saturated rings. The van der Waals surface area contributed by atoms with Crippen LogP contribution in [-0.4, -0.2) is 0 Å². The number of hydrogen-bond donors (Lipinski definition) is 0. The van der Waals surface area contributed by atoms with Crippen molar-refractivity contribution in [3.63, 3.8) is 0 Å². The van der Waals surface area contributed by atoms with Gasteiger partial charge in [0.25, 0.3) is 0 Å². The van der Waals surface area contributed by atoms with E-state index in [9.17, 15) is 4.39 Å². The molecule has 0 atom stereocenters. The smallest absolute Gasteiger partial charge is 0.123 e. The van der Waals surface area contributed by atoms with Crippen LogP contribution in [0, 0.1) is 5.82 Å². The molecule has 1 rings (SSSR count). The Morgan fingerprint density at radius 2 is 2.25 bits per heavy atom. The predicted molar refractivity (Wildman–Crippen MR) is 34.1 cm³/mol. The van der Waals surface area contributed by atoms with Crippen molar-refractivity contribution in [3.05, 3.63) is 34.5 Å². The molecule has 0 unspecified atom stereocenters. The molecule has 0 aromatic heterocycles. The fourth-order valence-corrected chi connectivity index (χ4v) is 0.634. The molecule has 42 valence electrons. The van der Waals surface area contributed by atoms with Crippen LogP contribution in [0.3, 0.4) is 0 Å². The van der Waals surface area contributed by atoms with E-state index in [1.54, 1.807) is 6.07 Å². The fourth-order valence-electron chi connectivity index (χ4n) is 0.387. The van der Waals surface area contributed by atoms with E-state index in [0.717, 1.165) is 4.47 Å². The second-order valence-electron chi connectivity index (χ2n) is 1.35. The first-order chi connectivity index (χ1) is 4.20. The summed E-state index contributed by atoms with van der Waals surface area (Å²) in [7, 11) is 0. The summed E-state index contributed by atoms with van der Waals surface area (Å²) in [5.41, 5.74) is 0. The summed E-state index contributed by atoms with van der Waals surface area (Å²) >= 11 is 3.11. The lowest BCUT2D eigenvalue weighted by molar-refractivity contribution is 0.627. The molecule has 0 aliphatic heterocycles. The standard InChI is InChI=1S/C6H4BrF/c7-5-1-3-6(8)4-2-5/h1-4H/i3T. The van der Waals surface area contributed by atoms with Crippen LogP contribution < -0.4 is 0 Å². The Labute approximate surface area is 56.9 Å². The Kier molecular flexibility index (Phi) is 1.28. The summed E-state index contributed by atoms with van der Waals surface area (Å²) in [5.74, 6) is -0.488. The number of halogens is 2. The zero-order valence-electron chi connectivity index (χ0n) is 4.99. The van der Waals surface area contributed by atoms with Crippen LogP contribution in [0.25, 0.3) is 0 Å². The van der Waals surface area contributed by atoms with Gasteiger partial charge < -0.3 is 0 Å². The van der Waals surface area contributed by atoms with Crippen LogP contribution in [0.5, 0.6) is 0 Å². The molecule has 0 aliphatic rings. The first-order valence-corrected chi connectivity index (χ1v) is 2.91. The Morgan fingerprint density at radius 3 is 2.75 bits per heavy atom. The van der Waals surface area contributed by atoms with Crippen LogP contribution in [0.4, 0.5) is 4.39 Å². The maximum absolute atomic E-state index is 12.3. The van der Waals surface area contributed by atoms with Crippen LogP contribution in [0.15, 0.2) is 28.7 Å². The fraction of sp³-hybridized carbons (Fsp3) is 0. The van der Waals surface area contributed by atoms with Gasteiger partial charge in [-0.25, -0.2) is 4.39 Å². The summed E-state index contributed by atoms with van der Waals surface area (Å²) in [6, 6.07) is 4.15. The van der Waals surface area contributed by atoms with Crippen molar-refractivity contribution in [1.82, 2.24) is 0 Å². The highest BCUT2D eigenvalue weighted by molar-refractivity contribution is 9.10. The van der Waals surface area contributed by atoms with E-state index < -0.39 is 5.82 Å². The summed E-state index contributed by atoms with van der Waals surface area (Å²) in [5, 5.41) is 0. The van der Waals surface area contributed by atoms with Crippen molar-refractivity contribution in [2.24, 2.45) is 0 Å². The zero-order chi connectivity index (χ0) is 6.85. The summed E-state index contributed by atoms with van der Waals surface area (Å²) in [6.45, 7) is 0. The van der Waals surface area contributed by atoms with Crippen molar-refractivity contribution in [3.8, 4) is 0 Å². The van der Waals surface area contributed by atoms with Gasteiger partial charge in [-0.05, 0) is 24.2 Å². The molecule has 0 saturated heterocycles. The first kappa shape index (κ1) is 4.50. The third kappa shape index (κ3) is 1.30. The highest BCUT2D eigenvalue weighted by Crippen LogP contribution is 2.08. The molecule has 1 aromatic carbocycles. The Bertz CT molecular complexity index is 224. The molecular weight excluding hydrogens is 171 g/mol. The second kappa shape index (κ2) is 2.27. The maximum Gasteiger partial charge on any atom is 0.123 e. The molecule has 0 nitrogen and oxygen atoms in total. The van der Waals surface area contributed by atoms with Gasteiger partial charge in [-0.15, -0.1) is 0 Å². The third-order valence-electron chi connectivity index (χ3n) is 0.737. The molecule has 0 N–H and O–H groups in total. The van der Waals surface area contributed by atoms with E-state index in [1.165, 1.54) is 12.1 Å². The van der Waals surface area contributed by atoms with E-state index in [0.29, 0.717) is 0 Å². The Hall–Kier alpha value is -0.370. The van der Waals surface area contributed by atoms with Gasteiger partial charge in [-0.3, -0.25) is 0 Å². The molecule has 8 heavy (non-hydrogen) atoms. The van der Waals surface area contributed by atoms with Crippen LogP contribution in [-0.2, 0) is 0 Å². The highest BCUT2D eigenvalue weighted by Gasteiger charge is 1.84. The summed E-state index contributed by atoms with van der Waals surface area (Å²) in [6.07, 6.45) is 0. The molecule has 1 aromatic rings. The van der Waals surface area contributed by atoms with Gasteiger partial charge in [0.15, 0.2) is 0 Å². The van der Waals surface area contributed by atoms with Gasteiger partial charge in [0.1, 0.15) is 5.82 Å². The lowest BCUT2D eigenvalue weighted by atomic mass is 10.4. The quantitative estimate of drug-likeness (QED) is 0.571. The highest BCUT2D eigenvalue weighted by atomic mass is 79.9. The van der Waals surface area contributed by atoms with Crippen LogP contribution in [0.1, 0.15) is 1.37 Å². The van der Waals surface area contributed by atoms with Gasteiger partial charge in [0, 0.05) is 4.47 Å². The van der Waals surface area contributed by atoms with E-state index in [1.807, 2.05) is 0 Å². The first-order valence-electron chi connectivity index (χ1n) is 2.62. The molecule has 0 bridgehead atoms. The molecule has 0 spiro atoms. The van der Waals surface area contributed by atoms with Crippen molar-refractivity contribution in [2.75, 3.05) is 0 Å². The topological polar surface area (TPSA) is 0 Å². The Morgan fingerprint density at radius 1 is 1.50 bits per heavy atom. The molecule has 0 saturated carbocycles. The van der Waals surface area contributed by atoms with Crippen LogP contribution >= 0.6 is 15.9 Å². The lowest BCUT2D eigenvalue weighted by Crippen LogP contribution is -1.67. The molecule has 0 aliphatic carbocycles. The number of benzene rings is 1. The average Bonchev–Trinajstić information content (AvgIpc) is 1.80. The number of hydrogen-bond acceptors (Lipinski definition) is 0. The summed E-state index contributed by atoms with van der Waals surface area (Å²) in [4.78, 5) is 0. The van der Waals surface area contributed by atoms with Gasteiger partial charge in [-0.2, -0.15) is 0 Å². The van der Waals surface area contributed by atoms with Gasteiger partial charge in [0.05, 0.1) is 1.37 Å². The largest absolute Gasteiger partial charge is 0.207 e. The van der Waals surface area contributed by atoms with Crippen molar-refractivity contribution >= 4 is 15.9 Å². The predicted octanol–water partition coefficient (Wildman–Crippen LogP) is 2.59. The lowest BCUT2D eigenvalue weighted by Gasteiger charge is -1.85. The normalized spacial score (nSPS) is 11.0. The van der Waals surface area contributed by atoms with Gasteiger partial charge in [0.2, 0.25) is 0 Å². The van der Waals surface area contributed by atoms with Crippen LogP contribution in [0.2, 0.25) is 0 Å². The maximum atomic E-state index is 12.3. The monoisotopic (exact) mass is 176 g/mol. The van der Waals surface area contributed by atoms with E-state index in [-0.39, 0.29) is 6.04 Å². The minimum Gasteiger partial charge on any atom is -0.207 e. The number of rotatable bonds is 0. The SMILES string of the molecule is [3H]c1cc(Br)ccc1F. The van der Waals surface area contributed by atoms with E-state index in [4.69, 9.17) is 1.37 Å².